The van der Waals surface area contributed by atoms with E-state index in [1.807, 2.05) is 41.0 Å². The third-order valence-corrected chi connectivity index (χ3v) is 3.73. The summed E-state index contributed by atoms with van der Waals surface area (Å²) >= 11 is 0. The zero-order valence-corrected chi connectivity index (χ0v) is 12.7. The average Bonchev–Trinajstić information content (AvgIpc) is 2.91. The molecule has 0 spiro atoms. The molecule has 3 rings (SSSR count). The Morgan fingerprint density at radius 2 is 2.00 bits per heavy atom. The van der Waals surface area contributed by atoms with Crippen molar-refractivity contribution in [2.24, 2.45) is 0 Å². The molecule has 3 aromatic rings. The fourth-order valence-electron chi connectivity index (χ4n) is 2.59. The number of aromatic nitrogens is 2. The standard InChI is InChI=1S/C18H20N2O2/c1-2-14-6-5-7-15(12-14)22-13-18-19-16-8-3-4-9-17(16)20(18)10-11-21/h3-9,12,21H,2,10-11,13H2,1H3. The monoisotopic (exact) mass is 296 g/mol. The number of hydrogen-bond donors (Lipinski definition) is 1. The molecule has 0 aliphatic rings. The Kier molecular flexibility index (Phi) is 4.39. The number of aryl methyl sites for hydroxylation is 1. The van der Waals surface area contributed by atoms with Crippen LogP contribution in [0.4, 0.5) is 0 Å². The molecule has 0 radical (unpaired) electrons. The Balaban J connectivity index is 1.85. The zero-order chi connectivity index (χ0) is 15.4. The lowest BCUT2D eigenvalue weighted by molar-refractivity contribution is 0.260. The number of nitrogens with zero attached hydrogens (tertiary/aromatic N) is 2. The second-order valence-corrected chi connectivity index (χ2v) is 5.18. The lowest BCUT2D eigenvalue weighted by atomic mass is 10.2. The van der Waals surface area contributed by atoms with Crippen molar-refractivity contribution in [3.8, 4) is 5.75 Å². The van der Waals surface area contributed by atoms with Crippen LogP contribution in [0.1, 0.15) is 18.3 Å². The smallest absolute Gasteiger partial charge is 0.148 e. The molecule has 0 amide bonds. The number of benzene rings is 2. The van der Waals surface area contributed by atoms with Crippen molar-refractivity contribution in [1.82, 2.24) is 9.55 Å². The van der Waals surface area contributed by atoms with Crippen LogP contribution in [0, 0.1) is 0 Å². The maximum absolute atomic E-state index is 9.29. The third-order valence-electron chi connectivity index (χ3n) is 3.73. The Morgan fingerprint density at radius 3 is 2.82 bits per heavy atom. The Morgan fingerprint density at radius 1 is 1.14 bits per heavy atom. The summed E-state index contributed by atoms with van der Waals surface area (Å²) in [5.41, 5.74) is 3.20. The maximum atomic E-state index is 9.29. The first-order valence-electron chi connectivity index (χ1n) is 7.58. The Hall–Kier alpha value is -2.33. The van der Waals surface area contributed by atoms with Gasteiger partial charge in [-0.25, -0.2) is 4.98 Å². The molecule has 0 saturated carbocycles. The van der Waals surface area contributed by atoms with Crippen LogP contribution in [0.15, 0.2) is 48.5 Å². The van der Waals surface area contributed by atoms with E-state index in [-0.39, 0.29) is 6.61 Å². The normalized spacial score (nSPS) is 11.0. The highest BCUT2D eigenvalue weighted by atomic mass is 16.5. The lowest BCUT2D eigenvalue weighted by Gasteiger charge is -2.10. The molecule has 1 N–H and O–H groups in total. The van der Waals surface area contributed by atoms with E-state index in [9.17, 15) is 5.11 Å². The van der Waals surface area contributed by atoms with Crippen LogP contribution >= 0.6 is 0 Å². The van der Waals surface area contributed by atoms with Crippen molar-refractivity contribution < 1.29 is 9.84 Å². The van der Waals surface area contributed by atoms with Crippen molar-refractivity contribution in [3.63, 3.8) is 0 Å². The maximum Gasteiger partial charge on any atom is 0.148 e. The number of rotatable bonds is 6. The summed E-state index contributed by atoms with van der Waals surface area (Å²) in [4.78, 5) is 4.62. The Labute approximate surface area is 130 Å². The first-order valence-corrected chi connectivity index (χ1v) is 7.58. The van der Waals surface area contributed by atoms with Gasteiger partial charge in [-0.3, -0.25) is 0 Å². The van der Waals surface area contributed by atoms with Crippen LogP contribution < -0.4 is 4.74 Å². The van der Waals surface area contributed by atoms with Crippen molar-refractivity contribution in [1.29, 1.82) is 0 Å². The summed E-state index contributed by atoms with van der Waals surface area (Å²) in [7, 11) is 0. The topological polar surface area (TPSA) is 47.3 Å². The molecule has 0 aliphatic heterocycles. The van der Waals surface area contributed by atoms with Gasteiger partial charge in [0.05, 0.1) is 17.6 Å². The van der Waals surface area contributed by atoms with Crippen LogP contribution in [0.2, 0.25) is 0 Å². The van der Waals surface area contributed by atoms with Gasteiger partial charge in [-0.1, -0.05) is 31.2 Å². The molecule has 0 aliphatic carbocycles. The van der Waals surface area contributed by atoms with Gasteiger partial charge in [0.1, 0.15) is 18.2 Å². The fourth-order valence-corrected chi connectivity index (χ4v) is 2.59. The number of hydrogen-bond acceptors (Lipinski definition) is 3. The molecule has 22 heavy (non-hydrogen) atoms. The summed E-state index contributed by atoms with van der Waals surface area (Å²) in [6.07, 6.45) is 0.986. The molecular formula is C18H20N2O2. The molecule has 4 heteroatoms. The lowest BCUT2D eigenvalue weighted by Crippen LogP contribution is -2.09. The van der Waals surface area contributed by atoms with E-state index >= 15 is 0 Å². The first kappa shape index (κ1) is 14.6. The van der Waals surface area contributed by atoms with Gasteiger partial charge in [0.25, 0.3) is 0 Å². The molecule has 1 aromatic heterocycles. The number of imidazole rings is 1. The Bertz CT molecular complexity index is 765. The summed E-state index contributed by atoms with van der Waals surface area (Å²) in [5, 5.41) is 9.29. The van der Waals surface area contributed by atoms with Crippen LogP contribution in [0.25, 0.3) is 11.0 Å². The molecule has 0 bridgehead atoms. The van der Waals surface area contributed by atoms with E-state index in [0.717, 1.165) is 29.0 Å². The van der Waals surface area contributed by atoms with E-state index in [4.69, 9.17) is 4.74 Å². The SMILES string of the molecule is CCc1cccc(OCc2nc3ccccc3n2CCO)c1. The second-order valence-electron chi connectivity index (χ2n) is 5.18. The van der Waals surface area contributed by atoms with Gasteiger partial charge in [-0.2, -0.15) is 0 Å². The molecule has 0 atom stereocenters. The van der Waals surface area contributed by atoms with E-state index in [1.165, 1.54) is 5.56 Å². The van der Waals surface area contributed by atoms with Gasteiger partial charge in [-0.15, -0.1) is 0 Å². The molecule has 0 saturated heterocycles. The van der Waals surface area contributed by atoms with E-state index in [2.05, 4.69) is 24.0 Å². The molecular weight excluding hydrogens is 276 g/mol. The molecule has 2 aromatic carbocycles. The second kappa shape index (κ2) is 6.62. The quantitative estimate of drug-likeness (QED) is 0.760. The highest BCUT2D eigenvalue weighted by molar-refractivity contribution is 5.75. The largest absolute Gasteiger partial charge is 0.486 e. The molecule has 0 unspecified atom stereocenters. The number of aliphatic hydroxyl groups excluding tert-OH is 1. The number of ether oxygens (including phenoxy) is 1. The first-order chi connectivity index (χ1) is 10.8. The van der Waals surface area contributed by atoms with Crippen LogP contribution in [0.3, 0.4) is 0 Å². The molecule has 114 valence electrons. The summed E-state index contributed by atoms with van der Waals surface area (Å²) in [6, 6.07) is 16.0. The van der Waals surface area contributed by atoms with Gasteiger partial charge in [-0.05, 0) is 36.2 Å². The van der Waals surface area contributed by atoms with Gasteiger partial charge in [0.2, 0.25) is 0 Å². The summed E-state index contributed by atoms with van der Waals surface area (Å²) in [5.74, 6) is 1.68. The van der Waals surface area contributed by atoms with Crippen molar-refractivity contribution >= 4 is 11.0 Å². The molecule has 0 fully saturated rings. The van der Waals surface area contributed by atoms with Crippen LogP contribution in [0.5, 0.6) is 5.75 Å². The van der Waals surface area contributed by atoms with Crippen molar-refractivity contribution in [2.45, 2.75) is 26.5 Å². The average molecular weight is 296 g/mol. The van der Waals surface area contributed by atoms with Crippen molar-refractivity contribution in [2.75, 3.05) is 6.61 Å². The van der Waals surface area contributed by atoms with Gasteiger partial charge >= 0.3 is 0 Å². The number of aliphatic hydroxyl groups is 1. The number of fused-ring (bicyclic) bond motifs is 1. The van der Waals surface area contributed by atoms with Gasteiger partial charge in [0.15, 0.2) is 0 Å². The minimum absolute atomic E-state index is 0.0820. The highest BCUT2D eigenvalue weighted by Crippen LogP contribution is 2.19. The molecule has 1 heterocycles. The molecule has 4 nitrogen and oxygen atoms in total. The zero-order valence-electron chi connectivity index (χ0n) is 12.7. The van der Waals surface area contributed by atoms with Gasteiger partial charge in [0, 0.05) is 6.54 Å². The predicted octanol–water partition coefficient (Wildman–Crippen LogP) is 3.17. The highest BCUT2D eigenvalue weighted by Gasteiger charge is 2.10. The summed E-state index contributed by atoms with van der Waals surface area (Å²) in [6.45, 7) is 3.12. The number of para-hydroxylation sites is 2. The van der Waals surface area contributed by atoms with Gasteiger partial charge < -0.3 is 14.4 Å². The van der Waals surface area contributed by atoms with E-state index in [1.54, 1.807) is 0 Å². The summed E-state index contributed by atoms with van der Waals surface area (Å²) < 4.78 is 7.90. The third kappa shape index (κ3) is 2.97. The van der Waals surface area contributed by atoms with E-state index in [0.29, 0.717) is 13.2 Å². The predicted molar refractivity (Wildman–Crippen MR) is 87.0 cm³/mol. The fraction of sp³-hybridized carbons (Fsp3) is 0.278. The van der Waals surface area contributed by atoms with E-state index < -0.39 is 0 Å². The minimum Gasteiger partial charge on any atom is -0.486 e. The van der Waals surface area contributed by atoms with Crippen LogP contribution in [-0.4, -0.2) is 21.3 Å². The van der Waals surface area contributed by atoms with Crippen LogP contribution in [-0.2, 0) is 19.6 Å². The van der Waals surface area contributed by atoms with Crippen molar-refractivity contribution in [3.05, 3.63) is 59.9 Å². The minimum atomic E-state index is 0.0820.